The van der Waals surface area contributed by atoms with Crippen LogP contribution in [0.2, 0.25) is 0 Å². The minimum absolute atomic E-state index is 1.06. The number of aromatic nitrogens is 1. The SMILES string of the molecule is ICc1ccc(-c2cccnc2)cc1. The van der Waals surface area contributed by atoms with Gasteiger partial charge in [0.15, 0.2) is 0 Å². The van der Waals surface area contributed by atoms with Crippen molar-refractivity contribution in [2.24, 2.45) is 0 Å². The maximum absolute atomic E-state index is 4.10. The predicted molar refractivity (Wildman–Crippen MR) is 67.4 cm³/mol. The summed E-state index contributed by atoms with van der Waals surface area (Å²) >= 11 is 2.37. The number of hydrogen-bond acceptors (Lipinski definition) is 1. The molecular weight excluding hydrogens is 285 g/mol. The van der Waals surface area contributed by atoms with Crippen LogP contribution in [-0.2, 0) is 4.43 Å². The fraction of sp³-hybridized carbons (Fsp3) is 0.0833. The minimum atomic E-state index is 1.06. The molecule has 0 aliphatic heterocycles. The van der Waals surface area contributed by atoms with Gasteiger partial charge in [-0.2, -0.15) is 0 Å². The number of pyridine rings is 1. The summed E-state index contributed by atoms with van der Waals surface area (Å²) in [4.78, 5) is 4.10. The van der Waals surface area contributed by atoms with Crippen LogP contribution in [0.4, 0.5) is 0 Å². The molecule has 0 N–H and O–H groups in total. The van der Waals surface area contributed by atoms with Crippen molar-refractivity contribution in [1.82, 2.24) is 4.98 Å². The maximum atomic E-state index is 4.10. The molecule has 1 heterocycles. The minimum Gasteiger partial charge on any atom is -0.264 e. The van der Waals surface area contributed by atoms with Crippen molar-refractivity contribution in [1.29, 1.82) is 0 Å². The first-order valence-corrected chi connectivity index (χ1v) is 5.98. The van der Waals surface area contributed by atoms with E-state index in [1.165, 1.54) is 16.7 Å². The van der Waals surface area contributed by atoms with E-state index in [2.05, 4.69) is 57.9 Å². The third kappa shape index (κ3) is 2.12. The second-order valence-corrected chi connectivity index (χ2v) is 3.84. The number of benzene rings is 1. The lowest BCUT2D eigenvalue weighted by Gasteiger charge is -2.01. The Morgan fingerprint density at radius 2 is 1.79 bits per heavy atom. The van der Waals surface area contributed by atoms with Gasteiger partial charge in [0.1, 0.15) is 0 Å². The Hall–Kier alpha value is -0.900. The quantitative estimate of drug-likeness (QED) is 0.608. The average Bonchev–Trinajstić information content (AvgIpc) is 2.30. The highest BCUT2D eigenvalue weighted by molar-refractivity contribution is 14.1. The van der Waals surface area contributed by atoms with Gasteiger partial charge in [-0.1, -0.05) is 52.9 Å². The zero-order valence-electron chi connectivity index (χ0n) is 7.65. The van der Waals surface area contributed by atoms with Gasteiger partial charge in [-0.05, 0) is 22.8 Å². The number of halogens is 1. The van der Waals surface area contributed by atoms with Crippen molar-refractivity contribution in [2.45, 2.75) is 4.43 Å². The summed E-state index contributed by atoms with van der Waals surface area (Å²) in [6.07, 6.45) is 3.68. The Labute approximate surface area is 97.3 Å². The third-order valence-electron chi connectivity index (χ3n) is 2.10. The van der Waals surface area contributed by atoms with Crippen LogP contribution in [0, 0.1) is 0 Å². The summed E-state index contributed by atoms with van der Waals surface area (Å²) in [5.74, 6) is 0. The molecule has 0 amide bonds. The summed E-state index contributed by atoms with van der Waals surface area (Å²) in [6, 6.07) is 12.6. The van der Waals surface area contributed by atoms with Crippen molar-refractivity contribution in [3.8, 4) is 11.1 Å². The molecular formula is C12H10IN. The molecule has 0 aliphatic carbocycles. The van der Waals surface area contributed by atoms with E-state index in [1.807, 2.05) is 12.3 Å². The maximum Gasteiger partial charge on any atom is 0.0346 e. The van der Waals surface area contributed by atoms with Crippen molar-refractivity contribution < 1.29 is 0 Å². The summed E-state index contributed by atoms with van der Waals surface area (Å²) < 4.78 is 1.06. The normalized spacial score (nSPS) is 10.1. The van der Waals surface area contributed by atoms with E-state index < -0.39 is 0 Å². The van der Waals surface area contributed by atoms with Crippen LogP contribution in [0.25, 0.3) is 11.1 Å². The largest absolute Gasteiger partial charge is 0.264 e. The Balaban J connectivity index is 2.34. The molecule has 0 aliphatic rings. The van der Waals surface area contributed by atoms with E-state index in [4.69, 9.17) is 0 Å². The van der Waals surface area contributed by atoms with Gasteiger partial charge in [0.2, 0.25) is 0 Å². The van der Waals surface area contributed by atoms with Gasteiger partial charge >= 0.3 is 0 Å². The fourth-order valence-electron chi connectivity index (χ4n) is 1.32. The van der Waals surface area contributed by atoms with Crippen molar-refractivity contribution in [3.05, 3.63) is 54.4 Å². The molecule has 1 aromatic heterocycles. The second-order valence-electron chi connectivity index (χ2n) is 3.07. The van der Waals surface area contributed by atoms with Gasteiger partial charge in [-0.15, -0.1) is 0 Å². The summed E-state index contributed by atoms with van der Waals surface area (Å²) in [5.41, 5.74) is 3.76. The molecule has 0 atom stereocenters. The van der Waals surface area contributed by atoms with Crippen LogP contribution in [0.1, 0.15) is 5.56 Å². The van der Waals surface area contributed by atoms with E-state index in [1.54, 1.807) is 6.20 Å². The molecule has 14 heavy (non-hydrogen) atoms. The Bertz CT molecular complexity index is 394. The van der Waals surface area contributed by atoms with Gasteiger partial charge in [0.05, 0.1) is 0 Å². The van der Waals surface area contributed by atoms with Crippen LogP contribution in [0.15, 0.2) is 48.8 Å². The molecule has 0 bridgehead atoms. The number of rotatable bonds is 2. The van der Waals surface area contributed by atoms with Gasteiger partial charge < -0.3 is 0 Å². The number of nitrogens with zero attached hydrogens (tertiary/aromatic N) is 1. The van der Waals surface area contributed by atoms with Crippen molar-refractivity contribution in [3.63, 3.8) is 0 Å². The van der Waals surface area contributed by atoms with Gasteiger partial charge in [-0.25, -0.2) is 0 Å². The van der Waals surface area contributed by atoms with Gasteiger partial charge in [-0.3, -0.25) is 4.98 Å². The highest BCUT2D eigenvalue weighted by Gasteiger charge is 1.96. The summed E-state index contributed by atoms with van der Waals surface area (Å²) in [6.45, 7) is 0. The van der Waals surface area contributed by atoms with E-state index in [9.17, 15) is 0 Å². The van der Waals surface area contributed by atoms with Gasteiger partial charge in [0.25, 0.3) is 0 Å². The van der Waals surface area contributed by atoms with Crippen molar-refractivity contribution >= 4 is 22.6 Å². The molecule has 1 aromatic carbocycles. The summed E-state index contributed by atoms with van der Waals surface area (Å²) in [7, 11) is 0. The molecule has 1 nitrogen and oxygen atoms in total. The van der Waals surface area contributed by atoms with Crippen LogP contribution >= 0.6 is 22.6 Å². The predicted octanol–water partition coefficient (Wildman–Crippen LogP) is 3.68. The van der Waals surface area contributed by atoms with Crippen LogP contribution in [-0.4, -0.2) is 4.98 Å². The molecule has 2 heteroatoms. The average molecular weight is 295 g/mol. The fourth-order valence-corrected chi connectivity index (χ4v) is 1.83. The zero-order chi connectivity index (χ0) is 9.80. The van der Waals surface area contributed by atoms with E-state index in [0.717, 1.165) is 4.43 Å². The van der Waals surface area contributed by atoms with Crippen LogP contribution in [0.5, 0.6) is 0 Å². The van der Waals surface area contributed by atoms with E-state index in [-0.39, 0.29) is 0 Å². The highest BCUT2D eigenvalue weighted by atomic mass is 127. The topological polar surface area (TPSA) is 12.9 Å². The van der Waals surface area contributed by atoms with Gasteiger partial charge in [0, 0.05) is 16.8 Å². The molecule has 0 fully saturated rings. The highest BCUT2D eigenvalue weighted by Crippen LogP contribution is 2.19. The molecule has 70 valence electrons. The van der Waals surface area contributed by atoms with E-state index in [0.29, 0.717) is 0 Å². The molecule has 0 spiro atoms. The lowest BCUT2D eigenvalue weighted by atomic mass is 10.1. The first kappa shape index (κ1) is 9.65. The van der Waals surface area contributed by atoms with E-state index >= 15 is 0 Å². The molecule has 0 saturated carbocycles. The first-order valence-electron chi connectivity index (χ1n) is 4.45. The Kier molecular flexibility index (Phi) is 3.14. The number of alkyl halides is 1. The molecule has 0 unspecified atom stereocenters. The summed E-state index contributed by atoms with van der Waals surface area (Å²) in [5, 5.41) is 0. The molecule has 2 rings (SSSR count). The van der Waals surface area contributed by atoms with Crippen molar-refractivity contribution in [2.75, 3.05) is 0 Å². The first-order chi connectivity index (χ1) is 6.90. The molecule has 2 aromatic rings. The third-order valence-corrected chi connectivity index (χ3v) is 2.98. The Morgan fingerprint density at radius 1 is 1.00 bits per heavy atom. The second kappa shape index (κ2) is 4.55. The van der Waals surface area contributed by atoms with Crippen LogP contribution < -0.4 is 0 Å². The standard InChI is InChI=1S/C12H10IN/c13-8-10-3-5-11(6-4-10)12-2-1-7-14-9-12/h1-7,9H,8H2. The molecule has 0 saturated heterocycles. The Morgan fingerprint density at radius 3 is 2.36 bits per heavy atom. The molecule has 0 radical (unpaired) electrons. The lowest BCUT2D eigenvalue weighted by Crippen LogP contribution is -1.80. The number of hydrogen-bond donors (Lipinski definition) is 0. The monoisotopic (exact) mass is 295 g/mol. The lowest BCUT2D eigenvalue weighted by molar-refractivity contribution is 1.33. The zero-order valence-corrected chi connectivity index (χ0v) is 9.81. The van der Waals surface area contributed by atoms with Crippen LogP contribution in [0.3, 0.4) is 0 Å². The smallest absolute Gasteiger partial charge is 0.0346 e.